The van der Waals surface area contributed by atoms with Gasteiger partial charge in [-0.05, 0) is 17.8 Å². The first-order chi connectivity index (χ1) is 9.79. The van der Waals surface area contributed by atoms with E-state index in [1.54, 1.807) is 6.92 Å². The van der Waals surface area contributed by atoms with Crippen molar-refractivity contribution in [3.8, 4) is 0 Å². The van der Waals surface area contributed by atoms with Gasteiger partial charge in [0.2, 0.25) is 0 Å². The number of nitrogens with two attached hydrogens (primary N) is 1. The Balaban J connectivity index is 2.80. The number of nitrogens with one attached hydrogen (secondary N) is 1. The summed E-state index contributed by atoms with van der Waals surface area (Å²) in [6.07, 6.45) is 0. The first-order valence-electron chi connectivity index (χ1n) is 6.05. The van der Waals surface area contributed by atoms with Crippen LogP contribution in [0.3, 0.4) is 0 Å². The van der Waals surface area contributed by atoms with Crippen molar-refractivity contribution in [2.24, 2.45) is 5.73 Å². The quantitative estimate of drug-likeness (QED) is 0.779. The summed E-state index contributed by atoms with van der Waals surface area (Å²) in [6.45, 7) is 1.66. The third kappa shape index (κ3) is 4.66. The lowest BCUT2D eigenvalue weighted by Gasteiger charge is -2.20. The van der Waals surface area contributed by atoms with Gasteiger partial charge in [0, 0.05) is 13.0 Å². The maximum Gasteiger partial charge on any atom is 0.372 e. The molecule has 0 aliphatic rings. The van der Waals surface area contributed by atoms with E-state index in [1.165, 1.54) is 7.05 Å². The standard InChI is InChI=1S/C12H17N3O4S2/c1-9(10-6-4-3-5-7-10)8-19-21(17,18)15(11(13)16)12(20)14-2/h3-7,9H,8H2,1-2H3,(H2,13,16)(H,14,20). The maximum absolute atomic E-state index is 12.0. The SMILES string of the molecule is CNC(=S)N(C(N)=O)S(=O)(=O)OCC(C)c1ccccc1. The van der Waals surface area contributed by atoms with Crippen molar-refractivity contribution in [1.29, 1.82) is 0 Å². The minimum Gasteiger partial charge on any atom is -0.364 e. The molecule has 0 bridgehead atoms. The summed E-state index contributed by atoms with van der Waals surface area (Å²) in [5.74, 6) is -0.182. The monoisotopic (exact) mass is 331 g/mol. The van der Waals surface area contributed by atoms with Crippen LogP contribution in [0.15, 0.2) is 30.3 Å². The van der Waals surface area contributed by atoms with Gasteiger partial charge in [-0.25, -0.2) is 4.79 Å². The number of primary amides is 1. The molecule has 1 rings (SSSR count). The van der Waals surface area contributed by atoms with E-state index in [1.807, 2.05) is 30.3 Å². The van der Waals surface area contributed by atoms with E-state index in [-0.39, 0.29) is 21.9 Å². The van der Waals surface area contributed by atoms with Gasteiger partial charge in [-0.2, -0.15) is 8.42 Å². The molecule has 0 saturated heterocycles. The fraction of sp³-hybridized carbons (Fsp3) is 0.333. The fourth-order valence-corrected chi connectivity index (χ4v) is 2.89. The number of hydrogen-bond acceptors (Lipinski definition) is 5. The molecule has 3 N–H and O–H groups in total. The largest absolute Gasteiger partial charge is 0.372 e. The number of urea groups is 1. The van der Waals surface area contributed by atoms with E-state index in [4.69, 9.17) is 22.1 Å². The van der Waals surface area contributed by atoms with Gasteiger partial charge in [-0.15, -0.1) is 4.31 Å². The molecule has 1 aromatic carbocycles. The third-order valence-electron chi connectivity index (χ3n) is 2.66. The van der Waals surface area contributed by atoms with Crippen molar-refractivity contribution in [3.05, 3.63) is 35.9 Å². The Bertz CT molecular complexity index is 604. The van der Waals surface area contributed by atoms with Crippen LogP contribution in [0, 0.1) is 0 Å². The topological polar surface area (TPSA) is 102 Å². The second kappa shape index (κ2) is 7.34. The number of carbonyl (C=O) groups is 1. The summed E-state index contributed by atoms with van der Waals surface area (Å²) < 4.78 is 29.0. The summed E-state index contributed by atoms with van der Waals surface area (Å²) >= 11 is 4.73. The van der Waals surface area contributed by atoms with E-state index in [2.05, 4.69) is 5.32 Å². The molecule has 21 heavy (non-hydrogen) atoms. The zero-order valence-corrected chi connectivity index (χ0v) is 13.3. The van der Waals surface area contributed by atoms with Gasteiger partial charge < -0.3 is 11.1 Å². The highest BCUT2D eigenvalue weighted by atomic mass is 32.2. The average molecular weight is 331 g/mol. The predicted octanol–water partition coefficient (Wildman–Crippen LogP) is 0.936. The van der Waals surface area contributed by atoms with Crippen molar-refractivity contribution >= 4 is 33.7 Å². The van der Waals surface area contributed by atoms with Crippen LogP contribution in [0.5, 0.6) is 0 Å². The predicted molar refractivity (Wildman–Crippen MR) is 82.8 cm³/mol. The third-order valence-corrected chi connectivity index (χ3v) is 4.40. The molecule has 1 unspecified atom stereocenters. The molecule has 0 heterocycles. The lowest BCUT2D eigenvalue weighted by molar-refractivity contribution is 0.233. The van der Waals surface area contributed by atoms with Gasteiger partial charge >= 0.3 is 16.3 Å². The van der Waals surface area contributed by atoms with Crippen molar-refractivity contribution in [3.63, 3.8) is 0 Å². The van der Waals surface area contributed by atoms with Gasteiger partial charge in [-0.3, -0.25) is 4.18 Å². The van der Waals surface area contributed by atoms with Gasteiger partial charge in [0.1, 0.15) is 0 Å². The molecule has 7 nitrogen and oxygen atoms in total. The Morgan fingerprint density at radius 1 is 1.43 bits per heavy atom. The van der Waals surface area contributed by atoms with Crippen LogP contribution in [0.1, 0.15) is 18.4 Å². The fourth-order valence-electron chi connectivity index (χ4n) is 1.53. The maximum atomic E-state index is 12.0. The summed E-state index contributed by atoms with van der Waals surface area (Å²) in [5, 5.41) is 2.02. The molecule has 0 spiro atoms. The summed E-state index contributed by atoms with van der Waals surface area (Å²) in [7, 11) is -3.01. The first-order valence-corrected chi connectivity index (χ1v) is 7.82. The smallest absolute Gasteiger partial charge is 0.364 e. The van der Waals surface area contributed by atoms with Crippen molar-refractivity contribution in [1.82, 2.24) is 9.62 Å². The van der Waals surface area contributed by atoms with E-state index in [0.29, 0.717) is 0 Å². The molecule has 0 saturated carbocycles. The van der Waals surface area contributed by atoms with E-state index in [9.17, 15) is 13.2 Å². The van der Waals surface area contributed by atoms with Crippen LogP contribution in [0.4, 0.5) is 4.79 Å². The molecule has 116 valence electrons. The Labute approximate surface area is 129 Å². The molecule has 2 amide bonds. The molecule has 0 aromatic heterocycles. The van der Waals surface area contributed by atoms with Gasteiger partial charge in [0.05, 0.1) is 6.61 Å². The number of carbonyl (C=O) groups excluding carboxylic acids is 1. The number of benzene rings is 1. The number of rotatable bonds is 5. The van der Waals surface area contributed by atoms with Crippen LogP contribution in [-0.2, 0) is 14.5 Å². The zero-order chi connectivity index (χ0) is 16.0. The second-order valence-corrected chi connectivity index (χ2v) is 6.05. The first kappa shape index (κ1) is 17.3. The van der Waals surface area contributed by atoms with Crippen LogP contribution in [0.2, 0.25) is 0 Å². The molecule has 9 heteroatoms. The summed E-state index contributed by atoms with van der Waals surface area (Å²) in [4.78, 5) is 11.2. The van der Waals surface area contributed by atoms with Crippen LogP contribution in [0.25, 0.3) is 0 Å². The van der Waals surface area contributed by atoms with E-state index >= 15 is 0 Å². The highest BCUT2D eigenvalue weighted by molar-refractivity contribution is 7.88. The van der Waals surface area contributed by atoms with E-state index in [0.717, 1.165) is 5.56 Å². The van der Waals surface area contributed by atoms with Crippen molar-refractivity contribution in [2.45, 2.75) is 12.8 Å². The molecule has 0 aliphatic heterocycles. The lowest BCUT2D eigenvalue weighted by Crippen LogP contribution is -2.49. The van der Waals surface area contributed by atoms with E-state index < -0.39 is 16.3 Å². The van der Waals surface area contributed by atoms with Gasteiger partial charge in [0.25, 0.3) is 0 Å². The minimum atomic E-state index is -4.38. The Morgan fingerprint density at radius 3 is 2.48 bits per heavy atom. The van der Waals surface area contributed by atoms with Gasteiger partial charge in [-0.1, -0.05) is 37.3 Å². The van der Waals surface area contributed by atoms with Crippen LogP contribution in [-0.4, -0.2) is 37.5 Å². The van der Waals surface area contributed by atoms with Gasteiger partial charge in [0.15, 0.2) is 5.11 Å². The molecular weight excluding hydrogens is 314 g/mol. The summed E-state index contributed by atoms with van der Waals surface area (Å²) in [6, 6.07) is 8.00. The number of thiocarbonyl (C=S) groups is 1. The molecule has 0 radical (unpaired) electrons. The molecule has 1 atom stereocenters. The van der Waals surface area contributed by atoms with Crippen molar-refractivity contribution in [2.75, 3.05) is 13.7 Å². The molecule has 0 fully saturated rings. The highest BCUT2D eigenvalue weighted by Gasteiger charge is 2.31. The number of nitrogens with zero attached hydrogens (tertiary/aromatic N) is 1. The highest BCUT2D eigenvalue weighted by Crippen LogP contribution is 2.16. The Hall–Kier alpha value is -1.71. The zero-order valence-electron chi connectivity index (χ0n) is 11.6. The summed E-state index contributed by atoms with van der Waals surface area (Å²) in [5.41, 5.74) is 5.93. The Morgan fingerprint density at radius 2 is 2.00 bits per heavy atom. The average Bonchev–Trinajstić information content (AvgIpc) is 2.45. The Kier molecular flexibility index (Phi) is 6.06. The molecule has 1 aromatic rings. The van der Waals surface area contributed by atoms with Crippen LogP contribution >= 0.6 is 12.2 Å². The molecular formula is C12H17N3O4S2. The lowest BCUT2D eigenvalue weighted by atomic mass is 10.0. The van der Waals surface area contributed by atoms with Crippen molar-refractivity contribution < 1.29 is 17.4 Å². The number of amides is 2. The van der Waals surface area contributed by atoms with Crippen LogP contribution < -0.4 is 11.1 Å². The normalized spacial score (nSPS) is 12.5. The number of hydrogen-bond donors (Lipinski definition) is 2. The minimum absolute atomic E-state index is 0.136. The molecule has 0 aliphatic carbocycles. The second-order valence-electron chi connectivity index (χ2n) is 4.21.